The summed E-state index contributed by atoms with van der Waals surface area (Å²) in [4.78, 5) is 12.6. The van der Waals surface area contributed by atoms with Crippen LogP contribution in [0.1, 0.15) is 33.3 Å². The van der Waals surface area contributed by atoms with Crippen LogP contribution in [0.25, 0.3) is 16.8 Å². The quantitative estimate of drug-likeness (QED) is 0.487. The van der Waals surface area contributed by atoms with Gasteiger partial charge in [0.2, 0.25) is 0 Å². The van der Waals surface area contributed by atoms with Crippen molar-refractivity contribution in [2.24, 2.45) is 0 Å². The molecule has 0 radical (unpaired) electrons. The second-order valence-corrected chi connectivity index (χ2v) is 7.23. The van der Waals surface area contributed by atoms with E-state index in [1.165, 1.54) is 0 Å². The smallest absolute Gasteiger partial charge is 0.188 e. The normalized spacial score (nSPS) is 20.8. The van der Waals surface area contributed by atoms with Crippen LogP contribution in [-0.2, 0) is 9.47 Å². The molecule has 0 amide bonds. The number of ketones is 1. The van der Waals surface area contributed by atoms with Gasteiger partial charge in [-0.25, -0.2) is 0 Å². The molecule has 1 fully saturated rings. The van der Waals surface area contributed by atoms with Gasteiger partial charge < -0.3 is 14.2 Å². The molecule has 0 aromatic heterocycles. The molecular formula is C24H20O4. The van der Waals surface area contributed by atoms with E-state index in [2.05, 4.69) is 0 Å². The Morgan fingerprint density at radius 1 is 1.04 bits per heavy atom. The lowest BCUT2D eigenvalue weighted by Gasteiger charge is -2.17. The first kappa shape index (κ1) is 17.2. The van der Waals surface area contributed by atoms with Crippen molar-refractivity contribution in [3.8, 4) is 5.75 Å². The molecule has 5 rings (SSSR count). The lowest BCUT2D eigenvalue weighted by atomic mass is 9.98. The maximum Gasteiger partial charge on any atom is 0.188 e. The molecule has 4 heteroatoms. The third kappa shape index (κ3) is 3.01. The lowest BCUT2D eigenvalue weighted by molar-refractivity contribution is -0.0579. The van der Waals surface area contributed by atoms with Crippen LogP contribution in [0.4, 0.5) is 0 Å². The summed E-state index contributed by atoms with van der Waals surface area (Å²) in [5.74, 6) is 0.786. The molecule has 2 unspecified atom stereocenters. The Morgan fingerprint density at radius 2 is 1.82 bits per heavy atom. The molecule has 2 aliphatic rings. The first-order chi connectivity index (χ1) is 13.7. The predicted molar refractivity (Wildman–Crippen MR) is 108 cm³/mol. The minimum absolute atomic E-state index is 0.0243. The molecule has 2 atom stereocenters. The van der Waals surface area contributed by atoms with Crippen LogP contribution in [0.2, 0.25) is 0 Å². The van der Waals surface area contributed by atoms with Gasteiger partial charge in [0, 0.05) is 10.9 Å². The molecule has 3 aromatic carbocycles. The van der Waals surface area contributed by atoms with E-state index in [0.717, 1.165) is 33.2 Å². The van der Waals surface area contributed by atoms with E-state index in [9.17, 15) is 4.79 Å². The largest absolute Gasteiger partial charge is 0.490 e. The third-order valence-corrected chi connectivity index (χ3v) is 5.22. The number of ether oxygens (including phenoxy) is 3. The van der Waals surface area contributed by atoms with Crippen LogP contribution in [0, 0.1) is 6.92 Å². The van der Waals surface area contributed by atoms with Crippen LogP contribution < -0.4 is 4.74 Å². The summed E-state index contributed by atoms with van der Waals surface area (Å²) in [6.07, 6.45) is 3.02. The van der Waals surface area contributed by atoms with Gasteiger partial charge in [-0.3, -0.25) is 4.79 Å². The molecule has 2 heterocycles. The van der Waals surface area contributed by atoms with Gasteiger partial charge in [-0.1, -0.05) is 60.2 Å². The highest BCUT2D eigenvalue weighted by molar-refractivity contribution is 6.08. The second-order valence-electron chi connectivity index (χ2n) is 7.23. The summed E-state index contributed by atoms with van der Waals surface area (Å²) in [5.41, 5.74) is 3.62. The molecule has 28 heavy (non-hydrogen) atoms. The minimum Gasteiger partial charge on any atom is -0.490 e. The molecule has 0 aliphatic carbocycles. The summed E-state index contributed by atoms with van der Waals surface area (Å²) < 4.78 is 17.8. The monoisotopic (exact) mass is 372 g/mol. The maximum absolute atomic E-state index is 12.6. The minimum atomic E-state index is -0.424. The summed E-state index contributed by atoms with van der Waals surface area (Å²) in [6.45, 7) is 3.02. The van der Waals surface area contributed by atoms with Crippen molar-refractivity contribution in [1.82, 2.24) is 0 Å². The first-order valence-electron chi connectivity index (χ1n) is 9.43. The number of hydrogen-bond acceptors (Lipinski definition) is 4. The molecule has 140 valence electrons. The standard InChI is InChI=1S/C24H20O4/c1-15-6-8-16(9-7-15)22(25)11-10-17-12-21-23(20-5-3-2-4-19(17)20)26-13-18-14-27-24(21)28-18/h2-12,18,24H,13-14H2,1H3/b11-10+. The Labute approximate surface area is 163 Å². The van der Waals surface area contributed by atoms with Crippen LogP contribution in [0.5, 0.6) is 5.75 Å². The van der Waals surface area contributed by atoms with Gasteiger partial charge in [0.05, 0.1) is 12.2 Å². The number of hydrogen-bond donors (Lipinski definition) is 0. The molecule has 2 aliphatic heterocycles. The van der Waals surface area contributed by atoms with Crippen LogP contribution in [-0.4, -0.2) is 25.1 Å². The summed E-state index contributed by atoms with van der Waals surface area (Å²) in [7, 11) is 0. The van der Waals surface area contributed by atoms with Crippen LogP contribution >= 0.6 is 0 Å². The van der Waals surface area contributed by atoms with Gasteiger partial charge in [0.15, 0.2) is 12.1 Å². The summed E-state index contributed by atoms with van der Waals surface area (Å²) in [5, 5.41) is 2.04. The van der Waals surface area contributed by atoms with Crippen molar-refractivity contribution < 1.29 is 19.0 Å². The zero-order valence-electron chi connectivity index (χ0n) is 15.6. The fraction of sp³-hybridized carbons (Fsp3) is 0.208. The fourth-order valence-electron chi connectivity index (χ4n) is 3.73. The number of fused-ring (bicyclic) bond motifs is 6. The highest BCUT2D eigenvalue weighted by Gasteiger charge is 2.34. The van der Waals surface area contributed by atoms with Crippen molar-refractivity contribution in [2.75, 3.05) is 13.2 Å². The van der Waals surface area contributed by atoms with Crippen molar-refractivity contribution in [1.29, 1.82) is 0 Å². The molecule has 1 saturated heterocycles. The molecule has 2 bridgehead atoms. The summed E-state index contributed by atoms with van der Waals surface area (Å²) >= 11 is 0. The van der Waals surface area contributed by atoms with E-state index < -0.39 is 6.29 Å². The Bertz CT molecular complexity index is 1080. The number of benzene rings is 3. The van der Waals surface area contributed by atoms with Crippen LogP contribution in [0.15, 0.2) is 60.7 Å². The lowest BCUT2D eigenvalue weighted by Crippen LogP contribution is -2.18. The summed E-state index contributed by atoms with van der Waals surface area (Å²) in [6, 6.07) is 17.7. The molecule has 4 nitrogen and oxygen atoms in total. The number of rotatable bonds is 3. The van der Waals surface area contributed by atoms with Gasteiger partial charge in [0.25, 0.3) is 0 Å². The van der Waals surface area contributed by atoms with Gasteiger partial charge >= 0.3 is 0 Å². The van der Waals surface area contributed by atoms with Crippen molar-refractivity contribution in [3.63, 3.8) is 0 Å². The van der Waals surface area contributed by atoms with Gasteiger partial charge in [-0.2, -0.15) is 0 Å². The van der Waals surface area contributed by atoms with E-state index >= 15 is 0 Å². The first-order valence-corrected chi connectivity index (χ1v) is 9.43. The van der Waals surface area contributed by atoms with Crippen molar-refractivity contribution in [3.05, 3.63) is 82.9 Å². The Balaban J connectivity index is 1.58. The molecular weight excluding hydrogens is 352 g/mol. The van der Waals surface area contributed by atoms with Crippen molar-refractivity contribution in [2.45, 2.75) is 19.3 Å². The Kier molecular flexibility index (Phi) is 4.23. The maximum atomic E-state index is 12.6. The highest BCUT2D eigenvalue weighted by atomic mass is 16.7. The van der Waals surface area contributed by atoms with E-state index in [4.69, 9.17) is 14.2 Å². The Hall–Kier alpha value is -2.95. The SMILES string of the molecule is Cc1ccc(C(=O)/C=C/c2cc3c(c4ccccc24)OCC2COC3O2)cc1. The number of allylic oxidation sites excluding steroid dienone is 1. The van der Waals surface area contributed by atoms with Gasteiger partial charge in [-0.05, 0) is 30.0 Å². The average Bonchev–Trinajstić information content (AvgIpc) is 3.11. The zero-order valence-corrected chi connectivity index (χ0v) is 15.6. The highest BCUT2D eigenvalue weighted by Crippen LogP contribution is 2.42. The molecule has 0 N–H and O–H groups in total. The zero-order chi connectivity index (χ0) is 19.1. The van der Waals surface area contributed by atoms with Gasteiger partial charge in [-0.15, -0.1) is 0 Å². The van der Waals surface area contributed by atoms with Crippen molar-refractivity contribution >= 4 is 22.6 Å². The second kappa shape index (κ2) is 6.89. The fourth-order valence-corrected chi connectivity index (χ4v) is 3.73. The predicted octanol–water partition coefficient (Wildman–Crippen LogP) is 4.85. The molecule has 3 aromatic rings. The van der Waals surface area contributed by atoms with Gasteiger partial charge in [0.1, 0.15) is 18.5 Å². The number of carbonyl (C=O) groups excluding carboxylic acids is 1. The van der Waals surface area contributed by atoms with E-state index in [0.29, 0.717) is 18.8 Å². The number of carbonyl (C=O) groups is 1. The van der Waals surface area contributed by atoms with E-state index in [-0.39, 0.29) is 11.9 Å². The average molecular weight is 372 g/mol. The third-order valence-electron chi connectivity index (χ3n) is 5.22. The number of aryl methyl sites for hydroxylation is 1. The topological polar surface area (TPSA) is 44.8 Å². The Morgan fingerprint density at radius 3 is 2.64 bits per heavy atom. The molecule has 0 saturated carbocycles. The van der Waals surface area contributed by atoms with Crippen LogP contribution in [0.3, 0.4) is 0 Å². The van der Waals surface area contributed by atoms with E-state index in [1.807, 2.05) is 67.6 Å². The molecule has 0 spiro atoms. The van der Waals surface area contributed by atoms with E-state index in [1.54, 1.807) is 6.08 Å².